The molecule has 0 saturated heterocycles. The number of hydrogen-bond donors (Lipinski definition) is 3. The van der Waals surface area contributed by atoms with Gasteiger partial charge in [-0.15, -0.1) is 0 Å². The lowest BCUT2D eigenvalue weighted by atomic mass is 10.1. The van der Waals surface area contributed by atoms with Gasteiger partial charge in [0.2, 0.25) is 0 Å². The van der Waals surface area contributed by atoms with Crippen molar-refractivity contribution in [1.29, 1.82) is 0 Å². The molecule has 5 heteroatoms. The van der Waals surface area contributed by atoms with Gasteiger partial charge in [0.25, 0.3) is 0 Å². The summed E-state index contributed by atoms with van der Waals surface area (Å²) >= 11 is 0. The lowest BCUT2D eigenvalue weighted by Gasteiger charge is -2.24. The molecule has 1 aliphatic rings. The van der Waals surface area contributed by atoms with E-state index in [1.165, 1.54) is 27.7 Å². The molecular weight excluding hydrogens is 314 g/mol. The second-order valence-corrected chi connectivity index (χ2v) is 6.79. The Morgan fingerprint density at radius 3 is 2.64 bits per heavy atom. The molecule has 0 radical (unpaired) electrons. The molecule has 25 heavy (non-hydrogen) atoms. The molecule has 5 nitrogen and oxygen atoms in total. The minimum atomic E-state index is -1.05. The number of benzene rings is 2. The normalized spacial score (nSPS) is 16.1. The van der Waals surface area contributed by atoms with Crippen LogP contribution in [0.3, 0.4) is 0 Å². The predicted molar refractivity (Wildman–Crippen MR) is 97.4 cm³/mol. The summed E-state index contributed by atoms with van der Waals surface area (Å²) in [5.41, 5.74) is 7.84. The number of likely N-dealkylation sites (N-methyl/N-ethyl adjacent to an activating group) is 1. The Labute approximate surface area is 147 Å². The van der Waals surface area contributed by atoms with Crippen LogP contribution in [0, 0.1) is 0 Å². The van der Waals surface area contributed by atoms with Crippen LogP contribution in [0.15, 0.2) is 48.5 Å². The van der Waals surface area contributed by atoms with Crippen molar-refractivity contribution in [3.63, 3.8) is 0 Å². The standard InChI is InChI=1S/C20H23N3O2/c1-22-11-10-19-17(13-22)16-4-2-3-5-18(16)23(19)12-14-6-8-15(9-7-14)20(24)21-25/h2-9,20-21,24-25H,10-13H2,1H3. The van der Waals surface area contributed by atoms with Gasteiger partial charge in [0.15, 0.2) is 6.23 Å². The molecule has 1 atom stereocenters. The van der Waals surface area contributed by atoms with E-state index in [2.05, 4.69) is 40.8 Å². The summed E-state index contributed by atoms with van der Waals surface area (Å²) in [5.74, 6) is 0. The maximum atomic E-state index is 9.63. The van der Waals surface area contributed by atoms with Crippen molar-refractivity contribution in [1.82, 2.24) is 14.9 Å². The van der Waals surface area contributed by atoms with E-state index in [0.717, 1.165) is 26.1 Å². The smallest absolute Gasteiger partial charge is 0.152 e. The number of rotatable bonds is 4. The van der Waals surface area contributed by atoms with E-state index in [-0.39, 0.29) is 0 Å². The summed E-state index contributed by atoms with van der Waals surface area (Å²) in [4.78, 5) is 2.37. The van der Waals surface area contributed by atoms with Crippen molar-refractivity contribution >= 4 is 10.9 Å². The van der Waals surface area contributed by atoms with Crippen molar-refractivity contribution in [3.8, 4) is 0 Å². The molecule has 0 amide bonds. The molecule has 3 aromatic rings. The number of hydrogen-bond acceptors (Lipinski definition) is 4. The van der Waals surface area contributed by atoms with Gasteiger partial charge in [-0.1, -0.05) is 42.5 Å². The third kappa shape index (κ3) is 2.96. The second kappa shape index (κ2) is 6.61. The molecule has 0 spiro atoms. The molecule has 3 N–H and O–H groups in total. The van der Waals surface area contributed by atoms with Crippen molar-refractivity contribution in [2.45, 2.75) is 25.7 Å². The highest BCUT2D eigenvalue weighted by atomic mass is 16.5. The first kappa shape index (κ1) is 16.3. The number of hydroxylamine groups is 1. The largest absolute Gasteiger partial charge is 0.372 e. The van der Waals surface area contributed by atoms with E-state index in [1.807, 2.05) is 29.7 Å². The Morgan fingerprint density at radius 2 is 1.88 bits per heavy atom. The zero-order valence-electron chi connectivity index (χ0n) is 14.3. The van der Waals surface area contributed by atoms with Gasteiger partial charge in [-0.3, -0.25) is 0 Å². The van der Waals surface area contributed by atoms with Gasteiger partial charge in [-0.25, -0.2) is 0 Å². The molecule has 2 aromatic carbocycles. The van der Waals surface area contributed by atoms with Crippen LogP contribution in [0.5, 0.6) is 0 Å². The quantitative estimate of drug-likeness (QED) is 0.506. The van der Waals surface area contributed by atoms with Crippen molar-refractivity contribution in [3.05, 3.63) is 70.9 Å². The minimum absolute atomic E-state index is 0.646. The first-order valence-electron chi connectivity index (χ1n) is 8.61. The lowest BCUT2D eigenvalue weighted by Crippen LogP contribution is -2.27. The van der Waals surface area contributed by atoms with Gasteiger partial charge in [-0.05, 0) is 29.8 Å². The zero-order chi connectivity index (χ0) is 17.4. The number of nitrogens with one attached hydrogen (secondary N) is 1. The average molecular weight is 337 g/mol. The Morgan fingerprint density at radius 1 is 1.12 bits per heavy atom. The maximum Gasteiger partial charge on any atom is 0.152 e. The Kier molecular flexibility index (Phi) is 4.31. The van der Waals surface area contributed by atoms with Crippen LogP contribution < -0.4 is 5.48 Å². The Hall–Kier alpha value is -2.18. The van der Waals surface area contributed by atoms with Crippen LogP contribution in [0.4, 0.5) is 0 Å². The third-order valence-corrected chi connectivity index (χ3v) is 5.11. The molecular formula is C20H23N3O2. The Bertz CT molecular complexity index is 886. The summed E-state index contributed by atoms with van der Waals surface area (Å²) in [5, 5.41) is 19.8. The van der Waals surface area contributed by atoms with Gasteiger partial charge < -0.3 is 19.8 Å². The van der Waals surface area contributed by atoms with Gasteiger partial charge in [0, 0.05) is 42.7 Å². The van der Waals surface area contributed by atoms with E-state index >= 15 is 0 Å². The third-order valence-electron chi connectivity index (χ3n) is 5.11. The van der Waals surface area contributed by atoms with E-state index < -0.39 is 6.23 Å². The van der Waals surface area contributed by atoms with Gasteiger partial charge in [0.05, 0.1) is 0 Å². The first-order chi connectivity index (χ1) is 12.2. The van der Waals surface area contributed by atoms with E-state index in [1.54, 1.807) is 0 Å². The summed E-state index contributed by atoms with van der Waals surface area (Å²) < 4.78 is 2.42. The maximum absolute atomic E-state index is 9.63. The molecule has 0 fully saturated rings. The highest BCUT2D eigenvalue weighted by Crippen LogP contribution is 2.31. The second-order valence-electron chi connectivity index (χ2n) is 6.79. The van der Waals surface area contributed by atoms with E-state index in [0.29, 0.717) is 5.56 Å². The van der Waals surface area contributed by atoms with Crippen molar-refractivity contribution < 1.29 is 10.3 Å². The van der Waals surface area contributed by atoms with Gasteiger partial charge in [0.1, 0.15) is 0 Å². The van der Waals surface area contributed by atoms with Crippen LogP contribution >= 0.6 is 0 Å². The fourth-order valence-corrected chi connectivity index (χ4v) is 3.78. The van der Waals surface area contributed by atoms with Crippen molar-refractivity contribution in [2.75, 3.05) is 13.6 Å². The molecule has 2 heterocycles. The highest BCUT2D eigenvalue weighted by Gasteiger charge is 2.22. The molecule has 0 saturated carbocycles. The summed E-state index contributed by atoms with van der Waals surface area (Å²) in [6.07, 6.45) is 0.0101. The highest BCUT2D eigenvalue weighted by molar-refractivity contribution is 5.86. The molecule has 4 rings (SSSR count). The van der Waals surface area contributed by atoms with Crippen LogP contribution in [-0.4, -0.2) is 33.4 Å². The van der Waals surface area contributed by atoms with Crippen LogP contribution in [-0.2, 0) is 19.5 Å². The first-order valence-corrected chi connectivity index (χ1v) is 8.61. The number of aliphatic hydroxyl groups is 1. The van der Waals surface area contributed by atoms with Gasteiger partial charge in [-0.2, -0.15) is 5.48 Å². The molecule has 1 aromatic heterocycles. The molecule has 0 bridgehead atoms. The zero-order valence-corrected chi connectivity index (χ0v) is 14.3. The molecule has 130 valence electrons. The Balaban J connectivity index is 1.72. The van der Waals surface area contributed by atoms with Gasteiger partial charge >= 0.3 is 0 Å². The van der Waals surface area contributed by atoms with Crippen LogP contribution in [0.2, 0.25) is 0 Å². The number of fused-ring (bicyclic) bond motifs is 3. The molecule has 1 aliphatic heterocycles. The summed E-state index contributed by atoms with van der Waals surface area (Å²) in [6.45, 7) is 2.88. The van der Waals surface area contributed by atoms with Crippen molar-refractivity contribution in [2.24, 2.45) is 0 Å². The topological polar surface area (TPSA) is 60.7 Å². The molecule has 0 aliphatic carbocycles. The number of aliphatic hydroxyl groups excluding tert-OH is 1. The predicted octanol–water partition coefficient (Wildman–Crippen LogP) is 2.65. The van der Waals surface area contributed by atoms with Crippen LogP contribution in [0.1, 0.15) is 28.6 Å². The summed E-state index contributed by atoms with van der Waals surface area (Å²) in [7, 11) is 2.17. The van der Waals surface area contributed by atoms with Crippen LogP contribution in [0.25, 0.3) is 10.9 Å². The monoisotopic (exact) mass is 337 g/mol. The lowest BCUT2D eigenvalue weighted by molar-refractivity contribution is 0.000692. The van der Waals surface area contributed by atoms with E-state index in [4.69, 9.17) is 5.21 Å². The van der Waals surface area contributed by atoms with E-state index in [9.17, 15) is 5.11 Å². The number of para-hydroxylation sites is 1. The average Bonchev–Trinajstić information content (AvgIpc) is 2.95. The number of aromatic nitrogens is 1. The fourth-order valence-electron chi connectivity index (χ4n) is 3.78. The summed E-state index contributed by atoms with van der Waals surface area (Å²) in [6, 6.07) is 16.3. The molecule has 1 unspecified atom stereocenters. The minimum Gasteiger partial charge on any atom is -0.372 e. The fraction of sp³-hybridized carbons (Fsp3) is 0.300. The SMILES string of the molecule is CN1CCc2c(c3ccccc3n2Cc2ccc(C(O)NO)cc2)C1. The number of nitrogens with zero attached hydrogens (tertiary/aromatic N) is 2.